The summed E-state index contributed by atoms with van der Waals surface area (Å²) in [5.41, 5.74) is 3.72. The van der Waals surface area contributed by atoms with Crippen LogP contribution in [0.5, 0.6) is 0 Å². The van der Waals surface area contributed by atoms with Crippen LogP contribution in [0.4, 0.5) is 18.9 Å². The lowest BCUT2D eigenvalue weighted by Gasteiger charge is -2.17. The van der Waals surface area contributed by atoms with Crippen LogP contribution < -0.4 is 10.9 Å². The first-order valence-corrected chi connectivity index (χ1v) is 9.96. The Morgan fingerprint density at radius 2 is 1.73 bits per heavy atom. The summed E-state index contributed by atoms with van der Waals surface area (Å²) in [4.78, 5) is 3.58. The van der Waals surface area contributed by atoms with Gasteiger partial charge in [0, 0.05) is 5.75 Å². The number of amidine groups is 1. The van der Waals surface area contributed by atoms with Crippen molar-refractivity contribution in [2.75, 3.05) is 17.7 Å². The molecule has 0 bridgehead atoms. The highest BCUT2D eigenvalue weighted by molar-refractivity contribution is 8.14. The van der Waals surface area contributed by atoms with Crippen LogP contribution >= 0.6 is 11.8 Å². The second-order valence-electron chi connectivity index (χ2n) is 5.31. The van der Waals surface area contributed by atoms with Gasteiger partial charge in [0.05, 0.1) is 27.6 Å². The first-order chi connectivity index (χ1) is 12.3. The molecule has 2 aromatic carbocycles. The largest absolute Gasteiger partial charge is 0.418 e. The number of halogens is 3. The van der Waals surface area contributed by atoms with E-state index in [1.54, 1.807) is 6.07 Å². The molecule has 0 saturated carbocycles. The summed E-state index contributed by atoms with van der Waals surface area (Å²) in [6.45, 7) is 0.592. The van der Waals surface area contributed by atoms with Gasteiger partial charge in [-0.25, -0.2) is 8.42 Å². The van der Waals surface area contributed by atoms with Gasteiger partial charge in [-0.05, 0) is 30.3 Å². The number of rotatable bonds is 4. The Bertz CT molecular complexity index is 930. The van der Waals surface area contributed by atoms with E-state index in [0.717, 1.165) is 17.9 Å². The maximum atomic E-state index is 13.4. The average molecular weight is 401 g/mol. The van der Waals surface area contributed by atoms with E-state index in [4.69, 9.17) is 0 Å². The van der Waals surface area contributed by atoms with E-state index >= 15 is 0 Å². The standard InChI is InChI=1S/C16H14F3N3O2S2/c17-16(18,19)13-10-12(26(23,24)11-4-2-1-3-5-11)6-7-14(13)21-22-15-20-8-9-25-15/h1-7,10,21H,8-9H2,(H,20,22). The molecule has 10 heteroatoms. The third-order valence-corrected chi connectivity index (χ3v) is 6.21. The molecule has 3 rings (SSSR count). The van der Waals surface area contributed by atoms with E-state index in [1.165, 1.54) is 36.0 Å². The quantitative estimate of drug-likeness (QED) is 0.767. The molecule has 5 nitrogen and oxygen atoms in total. The van der Waals surface area contributed by atoms with Crippen molar-refractivity contribution in [3.63, 3.8) is 0 Å². The molecule has 1 aliphatic heterocycles. The summed E-state index contributed by atoms with van der Waals surface area (Å²) in [5.74, 6) is 0.754. The fourth-order valence-corrected chi connectivity index (χ4v) is 4.29. The molecule has 0 radical (unpaired) electrons. The van der Waals surface area contributed by atoms with E-state index in [9.17, 15) is 21.6 Å². The predicted molar refractivity (Wildman–Crippen MR) is 94.9 cm³/mol. The Kier molecular flexibility index (Phi) is 5.15. The number of benzene rings is 2. The van der Waals surface area contributed by atoms with Gasteiger partial charge in [0.25, 0.3) is 0 Å². The molecule has 1 aliphatic rings. The zero-order chi connectivity index (χ0) is 18.8. The fourth-order valence-electron chi connectivity index (χ4n) is 2.30. The molecule has 138 valence electrons. The smallest absolute Gasteiger partial charge is 0.299 e. The van der Waals surface area contributed by atoms with E-state index in [1.807, 2.05) is 0 Å². The molecular weight excluding hydrogens is 387 g/mol. The molecule has 2 N–H and O–H groups in total. The summed E-state index contributed by atoms with van der Waals surface area (Å²) in [6, 6.07) is 10.2. The molecule has 26 heavy (non-hydrogen) atoms. The lowest BCUT2D eigenvalue weighted by molar-refractivity contribution is -0.137. The highest BCUT2D eigenvalue weighted by Crippen LogP contribution is 2.37. The number of alkyl halides is 3. The lowest BCUT2D eigenvalue weighted by atomic mass is 10.2. The topological polar surface area (TPSA) is 70.6 Å². The van der Waals surface area contributed by atoms with E-state index in [0.29, 0.717) is 17.8 Å². The van der Waals surface area contributed by atoms with Crippen molar-refractivity contribution in [3.05, 3.63) is 54.1 Å². The molecule has 0 aliphatic carbocycles. The molecule has 0 amide bonds. The van der Waals surface area contributed by atoms with Gasteiger partial charge in [-0.15, -0.1) is 0 Å². The predicted octanol–water partition coefficient (Wildman–Crippen LogP) is 3.56. The highest BCUT2D eigenvalue weighted by Gasteiger charge is 2.35. The average Bonchev–Trinajstić information content (AvgIpc) is 3.13. The summed E-state index contributed by atoms with van der Waals surface area (Å²) in [7, 11) is -4.05. The van der Waals surface area contributed by atoms with Gasteiger partial charge >= 0.3 is 6.18 Å². The van der Waals surface area contributed by atoms with Gasteiger partial charge in [0.15, 0.2) is 5.17 Å². The first kappa shape index (κ1) is 18.6. The summed E-state index contributed by atoms with van der Waals surface area (Å²) < 4.78 is 65.4. The van der Waals surface area contributed by atoms with Gasteiger partial charge < -0.3 is 0 Å². The number of aliphatic imine (C=N–C) groups is 1. The monoisotopic (exact) mass is 401 g/mol. The van der Waals surface area contributed by atoms with Crippen molar-refractivity contribution in [1.29, 1.82) is 0 Å². The van der Waals surface area contributed by atoms with E-state index in [-0.39, 0.29) is 10.6 Å². The Hall–Kier alpha value is -2.20. The lowest BCUT2D eigenvalue weighted by Crippen LogP contribution is -2.27. The first-order valence-electron chi connectivity index (χ1n) is 7.49. The van der Waals surface area contributed by atoms with Gasteiger partial charge in [0.2, 0.25) is 9.84 Å². The fraction of sp³-hybridized carbons (Fsp3) is 0.188. The van der Waals surface area contributed by atoms with Crippen LogP contribution in [0.25, 0.3) is 0 Å². The van der Waals surface area contributed by atoms with Gasteiger partial charge in [-0.1, -0.05) is 30.0 Å². The zero-order valence-corrected chi connectivity index (χ0v) is 14.9. The normalized spacial score (nSPS) is 14.8. The van der Waals surface area contributed by atoms with Gasteiger partial charge in [0.1, 0.15) is 0 Å². The third-order valence-electron chi connectivity index (χ3n) is 3.55. The number of thioether (sulfide) groups is 1. The number of hydrazine groups is 1. The van der Waals surface area contributed by atoms with Crippen molar-refractivity contribution in [2.24, 2.45) is 4.99 Å². The number of nitrogens with one attached hydrogen (secondary N) is 2. The van der Waals surface area contributed by atoms with E-state index < -0.39 is 26.5 Å². The summed E-state index contributed by atoms with van der Waals surface area (Å²) in [6.07, 6.45) is -4.73. The molecular formula is C16H14F3N3O2S2. The zero-order valence-electron chi connectivity index (χ0n) is 13.2. The Morgan fingerprint density at radius 1 is 1.00 bits per heavy atom. The Labute approximate surface area is 152 Å². The molecule has 0 aromatic heterocycles. The van der Waals surface area contributed by atoms with Crippen molar-refractivity contribution in [2.45, 2.75) is 16.0 Å². The minimum absolute atomic E-state index is 0.0660. The molecule has 0 saturated heterocycles. The molecule has 0 atom stereocenters. The van der Waals surface area contributed by atoms with Crippen molar-refractivity contribution >= 4 is 32.5 Å². The van der Waals surface area contributed by atoms with Crippen LogP contribution in [-0.2, 0) is 16.0 Å². The molecule has 0 fully saturated rings. The Balaban J connectivity index is 1.96. The maximum absolute atomic E-state index is 13.4. The summed E-state index contributed by atoms with van der Waals surface area (Å²) in [5, 5.41) is 0.485. The summed E-state index contributed by atoms with van der Waals surface area (Å²) >= 11 is 1.38. The molecule has 0 unspecified atom stereocenters. The van der Waals surface area contributed by atoms with Crippen LogP contribution in [0.15, 0.2) is 63.3 Å². The van der Waals surface area contributed by atoms with Crippen LogP contribution in [0, 0.1) is 0 Å². The van der Waals surface area contributed by atoms with Crippen molar-refractivity contribution in [1.82, 2.24) is 5.43 Å². The minimum Gasteiger partial charge on any atom is -0.299 e. The second-order valence-corrected chi connectivity index (χ2v) is 8.34. The molecule has 1 heterocycles. The van der Waals surface area contributed by atoms with Crippen LogP contribution in [0.3, 0.4) is 0 Å². The van der Waals surface area contributed by atoms with Crippen LogP contribution in [0.1, 0.15) is 5.56 Å². The number of anilines is 1. The number of hydrogen-bond donors (Lipinski definition) is 2. The Morgan fingerprint density at radius 3 is 2.35 bits per heavy atom. The van der Waals surface area contributed by atoms with Crippen LogP contribution in [0.2, 0.25) is 0 Å². The number of hydrogen-bond acceptors (Lipinski definition) is 6. The van der Waals surface area contributed by atoms with Crippen LogP contribution in [-0.4, -0.2) is 25.9 Å². The van der Waals surface area contributed by atoms with Gasteiger partial charge in [-0.3, -0.25) is 15.8 Å². The SMILES string of the molecule is O=S(=O)(c1ccccc1)c1ccc(NNC2=NCCS2)c(C(F)(F)F)c1. The van der Waals surface area contributed by atoms with Crippen molar-refractivity contribution < 1.29 is 21.6 Å². The highest BCUT2D eigenvalue weighted by atomic mass is 32.2. The number of nitrogens with zero attached hydrogens (tertiary/aromatic N) is 1. The second kappa shape index (κ2) is 7.20. The molecule has 0 spiro atoms. The minimum atomic E-state index is -4.73. The van der Waals surface area contributed by atoms with Gasteiger partial charge in [-0.2, -0.15) is 13.2 Å². The molecule has 2 aromatic rings. The van der Waals surface area contributed by atoms with E-state index in [2.05, 4.69) is 15.8 Å². The maximum Gasteiger partial charge on any atom is 0.418 e. The third kappa shape index (κ3) is 3.96. The van der Waals surface area contributed by atoms with Crippen molar-refractivity contribution in [3.8, 4) is 0 Å². The number of sulfone groups is 1.